The van der Waals surface area contributed by atoms with Crippen LogP contribution in [0.25, 0.3) is 0 Å². The van der Waals surface area contributed by atoms with E-state index in [0.717, 1.165) is 5.56 Å². The monoisotopic (exact) mass is 453 g/mol. The van der Waals surface area contributed by atoms with E-state index in [2.05, 4.69) is 5.32 Å². The van der Waals surface area contributed by atoms with Crippen LogP contribution in [-0.4, -0.2) is 38.0 Å². The molecule has 0 radical (unpaired) electrons. The van der Waals surface area contributed by atoms with Gasteiger partial charge in [-0.15, -0.1) is 0 Å². The van der Waals surface area contributed by atoms with Gasteiger partial charge in [0.25, 0.3) is 15.9 Å². The van der Waals surface area contributed by atoms with E-state index >= 15 is 0 Å². The molecule has 9 heteroatoms. The molecule has 0 spiro atoms. The lowest BCUT2D eigenvalue weighted by atomic mass is 10.2. The Hall–Kier alpha value is -3.59. The van der Waals surface area contributed by atoms with Gasteiger partial charge in [0.2, 0.25) is 0 Å². The van der Waals surface area contributed by atoms with Crippen molar-refractivity contribution >= 4 is 33.3 Å². The van der Waals surface area contributed by atoms with Crippen LogP contribution >= 0.6 is 0 Å². The van der Waals surface area contributed by atoms with Crippen LogP contribution in [0.5, 0.6) is 0 Å². The van der Waals surface area contributed by atoms with Gasteiger partial charge in [0.05, 0.1) is 17.9 Å². The van der Waals surface area contributed by atoms with Crippen molar-refractivity contribution in [2.24, 2.45) is 7.05 Å². The van der Waals surface area contributed by atoms with Crippen LogP contribution in [0.2, 0.25) is 0 Å². The van der Waals surface area contributed by atoms with Gasteiger partial charge < -0.3 is 14.6 Å². The van der Waals surface area contributed by atoms with Crippen molar-refractivity contribution in [1.82, 2.24) is 4.57 Å². The minimum atomic E-state index is -3.81. The Kier molecular flexibility index (Phi) is 5.75. The van der Waals surface area contributed by atoms with Crippen molar-refractivity contribution in [1.29, 1.82) is 0 Å². The van der Waals surface area contributed by atoms with Gasteiger partial charge in [-0.05, 0) is 49.2 Å². The molecule has 0 bridgehead atoms. The van der Waals surface area contributed by atoms with E-state index in [0.29, 0.717) is 29.9 Å². The average molecular weight is 454 g/mol. The zero-order valence-corrected chi connectivity index (χ0v) is 18.6. The molecule has 1 aliphatic rings. The van der Waals surface area contributed by atoms with Gasteiger partial charge in [0.1, 0.15) is 10.6 Å². The normalized spacial score (nSPS) is 13.0. The lowest BCUT2D eigenvalue weighted by Crippen LogP contribution is -2.28. The Labute approximate surface area is 186 Å². The number of nitrogens with one attached hydrogen (secondary N) is 1. The van der Waals surface area contributed by atoms with Crippen LogP contribution < -0.4 is 9.62 Å². The molecule has 2 aromatic carbocycles. The summed E-state index contributed by atoms with van der Waals surface area (Å²) < 4.78 is 34.3. The number of rotatable bonds is 6. The molecule has 0 unspecified atom stereocenters. The van der Waals surface area contributed by atoms with Crippen LogP contribution in [-0.2, 0) is 28.2 Å². The van der Waals surface area contributed by atoms with Crippen molar-refractivity contribution in [3.8, 4) is 0 Å². The second kappa shape index (κ2) is 8.51. The molecule has 2 heterocycles. The second-order valence-electron chi connectivity index (χ2n) is 7.38. The summed E-state index contributed by atoms with van der Waals surface area (Å²) in [6.45, 7) is 2.32. The van der Waals surface area contributed by atoms with Crippen molar-refractivity contribution in [2.45, 2.75) is 18.2 Å². The molecule has 0 fully saturated rings. The average Bonchev–Trinajstić information content (AvgIpc) is 3.38. The molecule has 166 valence electrons. The molecule has 8 nitrogen and oxygen atoms in total. The highest BCUT2D eigenvalue weighted by Gasteiger charge is 2.32. The van der Waals surface area contributed by atoms with Crippen LogP contribution in [0.3, 0.4) is 0 Å². The van der Waals surface area contributed by atoms with Gasteiger partial charge in [0.15, 0.2) is 0 Å². The summed E-state index contributed by atoms with van der Waals surface area (Å²) in [5.74, 6) is -0.974. The Bertz CT molecular complexity index is 1300. The zero-order chi connectivity index (χ0) is 22.9. The molecule has 1 aromatic heterocycles. The molecule has 0 saturated heterocycles. The van der Waals surface area contributed by atoms with Crippen molar-refractivity contribution in [3.05, 3.63) is 77.6 Å². The summed E-state index contributed by atoms with van der Waals surface area (Å²) in [5, 5.41) is 2.71. The maximum atomic E-state index is 13.3. The lowest BCUT2D eigenvalue weighted by molar-refractivity contribution is 0.0526. The SMILES string of the molecule is CCOC(=O)c1cccc(NC(=O)c2cc(S(=O)(=O)N3CCc4ccccc43)cn2C)c1. The first-order chi connectivity index (χ1) is 15.3. The molecule has 3 aromatic rings. The maximum Gasteiger partial charge on any atom is 0.338 e. The topological polar surface area (TPSA) is 97.7 Å². The Morgan fingerprint density at radius 1 is 1.09 bits per heavy atom. The summed E-state index contributed by atoms with van der Waals surface area (Å²) >= 11 is 0. The summed E-state index contributed by atoms with van der Waals surface area (Å²) in [6.07, 6.45) is 2.08. The fourth-order valence-electron chi connectivity index (χ4n) is 3.72. The Morgan fingerprint density at radius 3 is 2.66 bits per heavy atom. The molecule has 0 aliphatic carbocycles. The van der Waals surface area contributed by atoms with Crippen LogP contribution in [0.1, 0.15) is 33.3 Å². The van der Waals surface area contributed by atoms with E-state index in [9.17, 15) is 18.0 Å². The van der Waals surface area contributed by atoms with E-state index in [-0.39, 0.29) is 17.2 Å². The number of carbonyl (C=O) groups excluding carboxylic acids is 2. The fourth-order valence-corrected chi connectivity index (χ4v) is 5.29. The number of carbonyl (C=O) groups is 2. The predicted molar refractivity (Wildman–Crippen MR) is 120 cm³/mol. The van der Waals surface area contributed by atoms with E-state index in [1.807, 2.05) is 12.1 Å². The number of esters is 1. The third-order valence-corrected chi connectivity index (χ3v) is 7.06. The highest BCUT2D eigenvalue weighted by Crippen LogP contribution is 2.33. The quantitative estimate of drug-likeness (QED) is 0.578. The lowest BCUT2D eigenvalue weighted by Gasteiger charge is -2.18. The van der Waals surface area contributed by atoms with E-state index in [1.165, 1.54) is 27.2 Å². The number of sulfonamides is 1. The summed E-state index contributed by atoms with van der Waals surface area (Å²) in [7, 11) is -2.20. The highest BCUT2D eigenvalue weighted by molar-refractivity contribution is 7.92. The van der Waals surface area contributed by atoms with E-state index < -0.39 is 21.9 Å². The first-order valence-corrected chi connectivity index (χ1v) is 11.6. The van der Waals surface area contributed by atoms with Crippen molar-refractivity contribution in [3.63, 3.8) is 0 Å². The molecule has 32 heavy (non-hydrogen) atoms. The number of hydrogen-bond donors (Lipinski definition) is 1. The largest absolute Gasteiger partial charge is 0.462 e. The molecule has 1 aliphatic heterocycles. The molecular formula is C23H23N3O5S. The standard InChI is InChI=1S/C23H23N3O5S/c1-3-31-23(28)17-8-6-9-18(13-17)24-22(27)21-14-19(15-25(21)2)32(29,30)26-12-11-16-7-4-5-10-20(16)26/h4-10,13-15H,3,11-12H2,1-2H3,(H,24,27). The minimum absolute atomic E-state index is 0.0436. The summed E-state index contributed by atoms with van der Waals surface area (Å²) in [4.78, 5) is 24.8. The number of anilines is 2. The third kappa shape index (κ3) is 3.99. The van der Waals surface area contributed by atoms with Crippen LogP contribution in [0, 0.1) is 0 Å². The molecule has 0 atom stereocenters. The van der Waals surface area contributed by atoms with Crippen molar-refractivity contribution in [2.75, 3.05) is 22.8 Å². The second-order valence-corrected chi connectivity index (χ2v) is 9.25. The Morgan fingerprint density at radius 2 is 1.88 bits per heavy atom. The number of nitrogens with zero attached hydrogens (tertiary/aromatic N) is 2. The number of aromatic nitrogens is 1. The molecule has 0 saturated carbocycles. The van der Waals surface area contributed by atoms with Gasteiger partial charge in [-0.3, -0.25) is 9.10 Å². The zero-order valence-electron chi connectivity index (χ0n) is 17.7. The first kappa shape index (κ1) is 21.6. The van der Waals surface area contributed by atoms with E-state index in [4.69, 9.17) is 4.74 Å². The van der Waals surface area contributed by atoms with Crippen LogP contribution in [0.4, 0.5) is 11.4 Å². The number of aryl methyl sites for hydroxylation is 1. The highest BCUT2D eigenvalue weighted by atomic mass is 32.2. The number of amides is 1. The van der Waals surface area contributed by atoms with Gasteiger partial charge in [-0.1, -0.05) is 24.3 Å². The summed E-state index contributed by atoms with van der Waals surface area (Å²) in [5.41, 5.74) is 2.54. The smallest absolute Gasteiger partial charge is 0.338 e. The molecule has 1 amide bonds. The van der Waals surface area contributed by atoms with Gasteiger partial charge in [-0.25, -0.2) is 13.2 Å². The molecule has 1 N–H and O–H groups in total. The molecular weight excluding hydrogens is 430 g/mol. The van der Waals surface area contributed by atoms with Gasteiger partial charge in [0, 0.05) is 25.5 Å². The third-order valence-electron chi connectivity index (χ3n) is 5.28. The van der Waals surface area contributed by atoms with Crippen LogP contribution in [0.15, 0.2) is 65.7 Å². The first-order valence-electron chi connectivity index (χ1n) is 10.2. The summed E-state index contributed by atoms with van der Waals surface area (Å²) in [6, 6.07) is 15.1. The maximum absolute atomic E-state index is 13.3. The Balaban J connectivity index is 1.57. The predicted octanol–water partition coefficient (Wildman–Crippen LogP) is 3.21. The molecule has 4 rings (SSSR count). The minimum Gasteiger partial charge on any atom is -0.462 e. The number of fused-ring (bicyclic) bond motifs is 1. The fraction of sp³-hybridized carbons (Fsp3) is 0.217. The number of para-hydroxylation sites is 1. The van der Waals surface area contributed by atoms with Gasteiger partial charge >= 0.3 is 5.97 Å². The van der Waals surface area contributed by atoms with Crippen molar-refractivity contribution < 1.29 is 22.7 Å². The number of benzene rings is 2. The van der Waals surface area contributed by atoms with Gasteiger partial charge in [-0.2, -0.15) is 0 Å². The number of hydrogen-bond acceptors (Lipinski definition) is 5. The number of ether oxygens (including phenoxy) is 1. The van der Waals surface area contributed by atoms with E-state index in [1.54, 1.807) is 44.3 Å².